The van der Waals surface area contributed by atoms with Gasteiger partial charge in [0, 0.05) is 16.0 Å². The lowest BCUT2D eigenvalue weighted by atomic mass is 10.2. The number of carbonyl (C=O) groups is 1. The minimum absolute atomic E-state index is 0.0532. The Bertz CT molecular complexity index is 618. The van der Waals surface area contributed by atoms with Gasteiger partial charge in [-0.1, -0.05) is 39.7 Å². The van der Waals surface area contributed by atoms with E-state index in [1.807, 2.05) is 24.3 Å². The highest BCUT2D eigenvalue weighted by Gasteiger charge is 2.11. The summed E-state index contributed by atoms with van der Waals surface area (Å²) in [5.41, 5.74) is 0.868. The van der Waals surface area contributed by atoms with Crippen molar-refractivity contribution in [3.05, 3.63) is 68.9 Å². The molecule has 2 aromatic carbocycles. The van der Waals surface area contributed by atoms with Crippen LogP contribution in [0.3, 0.4) is 0 Å². The summed E-state index contributed by atoms with van der Waals surface area (Å²) in [6.45, 7) is 0.324. The second kappa shape index (κ2) is 6.17. The van der Waals surface area contributed by atoms with Crippen LogP contribution < -0.4 is 5.32 Å². The largest absolute Gasteiger partial charge is 0.348 e. The average Bonchev–Trinajstić information content (AvgIpc) is 2.39. The Morgan fingerprint density at radius 2 is 2.05 bits per heavy atom. The molecule has 19 heavy (non-hydrogen) atoms. The van der Waals surface area contributed by atoms with E-state index in [-0.39, 0.29) is 5.56 Å². The quantitative estimate of drug-likeness (QED) is 0.891. The minimum Gasteiger partial charge on any atom is -0.348 e. The van der Waals surface area contributed by atoms with Crippen LogP contribution in [-0.2, 0) is 6.54 Å². The summed E-state index contributed by atoms with van der Waals surface area (Å²) in [4.78, 5) is 11.9. The maximum Gasteiger partial charge on any atom is 0.254 e. The summed E-state index contributed by atoms with van der Waals surface area (Å²) < 4.78 is 14.4. The average molecular weight is 343 g/mol. The fraction of sp³-hybridized carbons (Fsp3) is 0.0714. The number of benzene rings is 2. The second-order valence-electron chi connectivity index (χ2n) is 3.94. The van der Waals surface area contributed by atoms with Crippen LogP contribution in [0.1, 0.15) is 15.9 Å². The molecule has 0 atom stereocenters. The van der Waals surface area contributed by atoms with Crippen LogP contribution in [0, 0.1) is 5.82 Å². The van der Waals surface area contributed by atoms with Gasteiger partial charge in [0.1, 0.15) is 5.82 Å². The SMILES string of the molecule is O=C(NCc1cccc(Br)c1)c1cc(Cl)ccc1F. The van der Waals surface area contributed by atoms with Crippen molar-refractivity contribution in [3.8, 4) is 0 Å². The van der Waals surface area contributed by atoms with E-state index in [1.54, 1.807) is 0 Å². The molecule has 0 saturated heterocycles. The third-order valence-corrected chi connectivity index (χ3v) is 3.24. The normalized spacial score (nSPS) is 10.3. The lowest BCUT2D eigenvalue weighted by Crippen LogP contribution is -2.23. The number of nitrogens with one attached hydrogen (secondary N) is 1. The first-order valence-electron chi connectivity index (χ1n) is 5.54. The number of hydrogen-bond acceptors (Lipinski definition) is 1. The van der Waals surface area contributed by atoms with Gasteiger partial charge in [-0.05, 0) is 35.9 Å². The molecular weight excluding hydrogens is 333 g/mol. The van der Waals surface area contributed by atoms with E-state index >= 15 is 0 Å². The van der Waals surface area contributed by atoms with Gasteiger partial charge in [0.2, 0.25) is 0 Å². The Balaban J connectivity index is 2.07. The third kappa shape index (κ3) is 3.78. The monoisotopic (exact) mass is 341 g/mol. The molecule has 0 aliphatic rings. The maximum atomic E-state index is 13.5. The van der Waals surface area contributed by atoms with Crippen molar-refractivity contribution in [3.63, 3.8) is 0 Å². The molecule has 2 rings (SSSR count). The van der Waals surface area contributed by atoms with Crippen LogP contribution >= 0.6 is 27.5 Å². The van der Waals surface area contributed by atoms with Gasteiger partial charge in [0.05, 0.1) is 5.56 Å². The van der Waals surface area contributed by atoms with Gasteiger partial charge in [0.25, 0.3) is 5.91 Å². The van der Waals surface area contributed by atoms with Crippen molar-refractivity contribution in [1.29, 1.82) is 0 Å². The van der Waals surface area contributed by atoms with Crippen molar-refractivity contribution < 1.29 is 9.18 Å². The van der Waals surface area contributed by atoms with E-state index in [4.69, 9.17) is 11.6 Å². The lowest BCUT2D eigenvalue weighted by molar-refractivity contribution is 0.0947. The van der Waals surface area contributed by atoms with Gasteiger partial charge >= 0.3 is 0 Å². The highest BCUT2D eigenvalue weighted by molar-refractivity contribution is 9.10. The van der Waals surface area contributed by atoms with Crippen LogP contribution in [0.4, 0.5) is 4.39 Å². The predicted octanol–water partition coefficient (Wildman–Crippen LogP) is 4.17. The molecular formula is C14H10BrClFNO. The molecule has 1 amide bonds. The standard InChI is InChI=1S/C14H10BrClFNO/c15-10-3-1-2-9(6-10)8-18-14(19)12-7-11(16)4-5-13(12)17/h1-7H,8H2,(H,18,19). The van der Waals surface area contributed by atoms with Crippen LogP contribution in [-0.4, -0.2) is 5.91 Å². The Hall–Kier alpha value is -1.39. The molecule has 98 valence electrons. The number of rotatable bonds is 3. The van der Waals surface area contributed by atoms with Crippen molar-refractivity contribution in [2.45, 2.75) is 6.54 Å². The summed E-state index contributed by atoms with van der Waals surface area (Å²) in [5, 5.41) is 2.98. The molecule has 2 aromatic rings. The molecule has 1 N–H and O–H groups in total. The number of halogens is 3. The van der Waals surface area contributed by atoms with Crippen LogP contribution in [0.25, 0.3) is 0 Å². The molecule has 0 heterocycles. The van der Waals surface area contributed by atoms with Gasteiger partial charge < -0.3 is 5.32 Å². The molecule has 0 aliphatic heterocycles. The first-order valence-corrected chi connectivity index (χ1v) is 6.71. The summed E-state index contributed by atoms with van der Waals surface area (Å²) in [6, 6.07) is 11.4. The summed E-state index contributed by atoms with van der Waals surface area (Å²) in [5.74, 6) is -1.07. The molecule has 0 aromatic heterocycles. The molecule has 0 fully saturated rings. The second-order valence-corrected chi connectivity index (χ2v) is 5.29. The molecule has 0 saturated carbocycles. The number of hydrogen-bond donors (Lipinski definition) is 1. The fourth-order valence-corrected chi connectivity index (χ4v) is 2.21. The molecule has 0 radical (unpaired) electrons. The molecule has 0 unspecified atom stereocenters. The lowest BCUT2D eigenvalue weighted by Gasteiger charge is -2.07. The Morgan fingerprint density at radius 3 is 2.79 bits per heavy atom. The van der Waals surface area contributed by atoms with Crippen molar-refractivity contribution in [2.24, 2.45) is 0 Å². The molecule has 0 bridgehead atoms. The zero-order chi connectivity index (χ0) is 13.8. The van der Waals surface area contributed by atoms with E-state index in [0.717, 1.165) is 10.0 Å². The van der Waals surface area contributed by atoms with Crippen LogP contribution in [0.15, 0.2) is 46.9 Å². The van der Waals surface area contributed by atoms with Gasteiger partial charge in [-0.15, -0.1) is 0 Å². The van der Waals surface area contributed by atoms with Gasteiger partial charge in [-0.2, -0.15) is 0 Å². The van der Waals surface area contributed by atoms with E-state index in [2.05, 4.69) is 21.2 Å². The zero-order valence-corrected chi connectivity index (χ0v) is 12.1. The summed E-state index contributed by atoms with van der Waals surface area (Å²) in [7, 11) is 0. The highest BCUT2D eigenvalue weighted by atomic mass is 79.9. The fourth-order valence-electron chi connectivity index (χ4n) is 1.60. The van der Waals surface area contributed by atoms with E-state index in [1.165, 1.54) is 18.2 Å². The smallest absolute Gasteiger partial charge is 0.254 e. The maximum absolute atomic E-state index is 13.5. The van der Waals surface area contributed by atoms with E-state index in [9.17, 15) is 9.18 Å². The topological polar surface area (TPSA) is 29.1 Å². The highest BCUT2D eigenvalue weighted by Crippen LogP contribution is 2.15. The van der Waals surface area contributed by atoms with Gasteiger partial charge in [-0.25, -0.2) is 4.39 Å². The molecule has 5 heteroatoms. The third-order valence-electron chi connectivity index (χ3n) is 2.52. The number of carbonyl (C=O) groups excluding carboxylic acids is 1. The summed E-state index contributed by atoms with van der Waals surface area (Å²) in [6.07, 6.45) is 0. The molecule has 0 aliphatic carbocycles. The number of amides is 1. The Kier molecular flexibility index (Phi) is 4.56. The first-order chi connectivity index (χ1) is 9.06. The Labute approximate surface area is 123 Å². The van der Waals surface area contributed by atoms with Crippen LogP contribution in [0.5, 0.6) is 0 Å². The van der Waals surface area contributed by atoms with E-state index < -0.39 is 11.7 Å². The van der Waals surface area contributed by atoms with Crippen molar-refractivity contribution in [1.82, 2.24) is 5.32 Å². The van der Waals surface area contributed by atoms with Gasteiger partial charge in [-0.3, -0.25) is 4.79 Å². The Morgan fingerprint density at radius 1 is 1.26 bits per heavy atom. The minimum atomic E-state index is -0.587. The molecule has 0 spiro atoms. The first kappa shape index (κ1) is 14.0. The summed E-state index contributed by atoms with van der Waals surface area (Å²) >= 11 is 9.09. The molecule has 2 nitrogen and oxygen atoms in total. The zero-order valence-electron chi connectivity index (χ0n) is 9.79. The van der Waals surface area contributed by atoms with Crippen molar-refractivity contribution in [2.75, 3.05) is 0 Å². The van der Waals surface area contributed by atoms with E-state index in [0.29, 0.717) is 11.6 Å². The van der Waals surface area contributed by atoms with Crippen molar-refractivity contribution >= 4 is 33.4 Å². The van der Waals surface area contributed by atoms with Crippen LogP contribution in [0.2, 0.25) is 5.02 Å². The predicted molar refractivity (Wildman–Crippen MR) is 76.7 cm³/mol. The van der Waals surface area contributed by atoms with Gasteiger partial charge in [0.15, 0.2) is 0 Å².